The van der Waals surface area contributed by atoms with Crippen molar-refractivity contribution in [1.29, 1.82) is 0 Å². The van der Waals surface area contributed by atoms with Gasteiger partial charge in [0.25, 0.3) is 0 Å². The quantitative estimate of drug-likeness (QED) is 0.881. The summed E-state index contributed by atoms with van der Waals surface area (Å²) in [4.78, 5) is 14.7. The SMILES string of the molecule is CC(Oc1ccc(Oc2ncc(Cl)cc2N)cc1)C(=O)O. The number of aromatic nitrogens is 1. The lowest BCUT2D eigenvalue weighted by Gasteiger charge is -2.11. The fourth-order valence-corrected chi connectivity index (χ4v) is 1.65. The Morgan fingerprint density at radius 2 is 1.95 bits per heavy atom. The van der Waals surface area contributed by atoms with Crippen LogP contribution in [0.3, 0.4) is 0 Å². The van der Waals surface area contributed by atoms with E-state index in [2.05, 4.69) is 4.98 Å². The Bertz CT molecular complexity index is 646. The lowest BCUT2D eigenvalue weighted by atomic mass is 10.3. The van der Waals surface area contributed by atoms with Crippen LogP contribution in [0.25, 0.3) is 0 Å². The van der Waals surface area contributed by atoms with Crippen LogP contribution in [-0.2, 0) is 4.79 Å². The maximum absolute atomic E-state index is 10.7. The second kappa shape index (κ2) is 6.32. The van der Waals surface area contributed by atoms with Crippen LogP contribution in [0.2, 0.25) is 5.02 Å². The molecule has 0 spiro atoms. The van der Waals surface area contributed by atoms with Gasteiger partial charge in [0.05, 0.1) is 10.7 Å². The Morgan fingerprint density at radius 1 is 1.33 bits per heavy atom. The normalized spacial score (nSPS) is 11.7. The summed E-state index contributed by atoms with van der Waals surface area (Å²) in [5.74, 6) is 0.126. The van der Waals surface area contributed by atoms with Gasteiger partial charge >= 0.3 is 5.97 Å². The zero-order valence-corrected chi connectivity index (χ0v) is 11.9. The number of hydrogen-bond acceptors (Lipinski definition) is 5. The number of carboxylic acids is 1. The molecule has 2 aromatic rings. The molecule has 3 N–H and O–H groups in total. The molecular formula is C14H13ClN2O4. The number of benzene rings is 1. The number of nitrogens with two attached hydrogens (primary N) is 1. The smallest absolute Gasteiger partial charge is 0.344 e. The molecule has 0 saturated carbocycles. The first-order valence-electron chi connectivity index (χ1n) is 6.04. The molecule has 1 heterocycles. The lowest BCUT2D eigenvalue weighted by Crippen LogP contribution is -2.22. The van der Waals surface area contributed by atoms with Gasteiger partial charge < -0.3 is 20.3 Å². The minimum absolute atomic E-state index is 0.243. The summed E-state index contributed by atoms with van der Waals surface area (Å²) in [5.41, 5.74) is 6.06. The third-order valence-corrected chi connectivity index (χ3v) is 2.75. The molecule has 0 amide bonds. The van der Waals surface area contributed by atoms with Gasteiger partial charge in [-0.2, -0.15) is 0 Å². The van der Waals surface area contributed by atoms with Crippen LogP contribution in [0, 0.1) is 0 Å². The lowest BCUT2D eigenvalue weighted by molar-refractivity contribution is -0.144. The highest BCUT2D eigenvalue weighted by Crippen LogP contribution is 2.28. The van der Waals surface area contributed by atoms with E-state index in [0.29, 0.717) is 22.2 Å². The molecule has 1 atom stereocenters. The largest absolute Gasteiger partial charge is 0.479 e. The predicted molar refractivity (Wildman–Crippen MR) is 77.9 cm³/mol. The van der Waals surface area contributed by atoms with Crippen LogP contribution < -0.4 is 15.2 Å². The van der Waals surface area contributed by atoms with Gasteiger partial charge in [-0.15, -0.1) is 0 Å². The summed E-state index contributed by atoms with van der Waals surface area (Å²) in [6.07, 6.45) is 0.504. The molecule has 0 bridgehead atoms. The highest BCUT2D eigenvalue weighted by atomic mass is 35.5. The van der Waals surface area contributed by atoms with E-state index in [0.717, 1.165) is 0 Å². The Morgan fingerprint density at radius 3 is 2.52 bits per heavy atom. The number of carboxylic acid groups (broad SMARTS) is 1. The van der Waals surface area contributed by atoms with E-state index < -0.39 is 12.1 Å². The van der Waals surface area contributed by atoms with Crippen molar-refractivity contribution in [2.45, 2.75) is 13.0 Å². The van der Waals surface area contributed by atoms with Crippen molar-refractivity contribution in [3.05, 3.63) is 41.6 Å². The topological polar surface area (TPSA) is 94.7 Å². The second-order valence-corrected chi connectivity index (χ2v) is 4.66. The molecule has 0 aliphatic heterocycles. The Kier molecular flexibility index (Phi) is 4.49. The van der Waals surface area contributed by atoms with Gasteiger partial charge in [0.15, 0.2) is 6.10 Å². The van der Waals surface area contributed by atoms with E-state index in [9.17, 15) is 4.79 Å². The number of anilines is 1. The van der Waals surface area contributed by atoms with E-state index in [1.165, 1.54) is 19.2 Å². The molecule has 1 unspecified atom stereocenters. The van der Waals surface area contributed by atoms with Crippen LogP contribution in [0.5, 0.6) is 17.4 Å². The average Bonchev–Trinajstić information content (AvgIpc) is 2.43. The fraction of sp³-hybridized carbons (Fsp3) is 0.143. The van der Waals surface area contributed by atoms with Crippen LogP contribution in [0.15, 0.2) is 36.5 Å². The number of nitrogen functional groups attached to an aromatic ring is 1. The first kappa shape index (κ1) is 14.9. The molecule has 0 fully saturated rings. The van der Waals surface area contributed by atoms with E-state index in [1.807, 2.05) is 0 Å². The van der Waals surface area contributed by atoms with Crippen molar-refractivity contribution in [3.63, 3.8) is 0 Å². The molecule has 21 heavy (non-hydrogen) atoms. The van der Waals surface area contributed by atoms with Gasteiger partial charge in [0.2, 0.25) is 5.88 Å². The van der Waals surface area contributed by atoms with Gasteiger partial charge in [0.1, 0.15) is 11.5 Å². The number of rotatable bonds is 5. The minimum atomic E-state index is -1.03. The number of halogens is 1. The molecule has 0 aliphatic rings. The number of ether oxygens (including phenoxy) is 2. The second-order valence-electron chi connectivity index (χ2n) is 4.22. The van der Waals surface area contributed by atoms with E-state index in [4.69, 9.17) is 31.9 Å². The minimum Gasteiger partial charge on any atom is -0.479 e. The van der Waals surface area contributed by atoms with Gasteiger partial charge in [-0.3, -0.25) is 0 Å². The number of pyridine rings is 1. The summed E-state index contributed by atoms with van der Waals surface area (Å²) in [7, 11) is 0. The maximum Gasteiger partial charge on any atom is 0.344 e. The van der Waals surface area contributed by atoms with E-state index in [1.54, 1.807) is 24.3 Å². The number of nitrogens with zero attached hydrogens (tertiary/aromatic N) is 1. The summed E-state index contributed by atoms with van der Waals surface area (Å²) in [5, 5.41) is 9.19. The van der Waals surface area contributed by atoms with Crippen molar-refractivity contribution in [1.82, 2.24) is 4.98 Å². The monoisotopic (exact) mass is 308 g/mol. The van der Waals surface area contributed by atoms with Gasteiger partial charge in [-0.1, -0.05) is 11.6 Å². The molecule has 7 heteroatoms. The fourth-order valence-electron chi connectivity index (χ4n) is 1.48. The Balaban J connectivity index is 2.07. The summed E-state index contributed by atoms with van der Waals surface area (Å²) in [6.45, 7) is 1.45. The zero-order chi connectivity index (χ0) is 15.4. The third-order valence-electron chi connectivity index (χ3n) is 2.54. The van der Waals surface area contributed by atoms with Crippen LogP contribution in [0.4, 0.5) is 5.69 Å². The van der Waals surface area contributed by atoms with Gasteiger partial charge in [-0.05, 0) is 37.3 Å². The molecule has 110 valence electrons. The first-order valence-corrected chi connectivity index (χ1v) is 6.42. The average molecular weight is 309 g/mol. The Labute approximate surface area is 126 Å². The number of carbonyl (C=O) groups is 1. The summed E-state index contributed by atoms with van der Waals surface area (Å²) < 4.78 is 10.7. The Hall–Kier alpha value is -2.47. The van der Waals surface area contributed by atoms with Crippen LogP contribution in [-0.4, -0.2) is 22.2 Å². The molecule has 6 nitrogen and oxygen atoms in total. The molecular weight excluding hydrogens is 296 g/mol. The molecule has 0 saturated heterocycles. The zero-order valence-electron chi connectivity index (χ0n) is 11.1. The predicted octanol–water partition coefficient (Wildman–Crippen LogP) is 2.96. The van der Waals surface area contributed by atoms with Crippen molar-refractivity contribution in [3.8, 4) is 17.4 Å². The van der Waals surface area contributed by atoms with Gasteiger partial charge in [0, 0.05) is 6.20 Å². The standard InChI is InChI=1S/C14H13ClN2O4/c1-8(14(18)19)20-10-2-4-11(5-3-10)21-13-12(16)6-9(15)7-17-13/h2-8H,16H2,1H3,(H,18,19). The van der Waals surface area contributed by atoms with Crippen molar-refractivity contribution in [2.75, 3.05) is 5.73 Å². The molecule has 0 radical (unpaired) electrons. The van der Waals surface area contributed by atoms with Crippen molar-refractivity contribution < 1.29 is 19.4 Å². The molecule has 0 aliphatic carbocycles. The number of aliphatic carboxylic acids is 1. The van der Waals surface area contributed by atoms with Crippen LogP contribution in [0.1, 0.15) is 6.92 Å². The highest BCUT2D eigenvalue weighted by molar-refractivity contribution is 6.30. The van der Waals surface area contributed by atoms with Crippen molar-refractivity contribution >= 4 is 23.3 Å². The van der Waals surface area contributed by atoms with Gasteiger partial charge in [-0.25, -0.2) is 9.78 Å². The van der Waals surface area contributed by atoms with E-state index >= 15 is 0 Å². The molecule has 1 aromatic heterocycles. The van der Waals surface area contributed by atoms with Crippen LogP contribution >= 0.6 is 11.6 Å². The molecule has 1 aromatic carbocycles. The third kappa shape index (κ3) is 4.00. The first-order chi connectivity index (χ1) is 9.95. The highest BCUT2D eigenvalue weighted by Gasteiger charge is 2.12. The van der Waals surface area contributed by atoms with Crippen molar-refractivity contribution in [2.24, 2.45) is 0 Å². The maximum atomic E-state index is 10.7. The summed E-state index contributed by atoms with van der Waals surface area (Å²) in [6, 6.07) is 7.98. The summed E-state index contributed by atoms with van der Waals surface area (Å²) >= 11 is 5.75. The number of hydrogen-bond donors (Lipinski definition) is 2. The molecule has 2 rings (SSSR count). The van der Waals surface area contributed by atoms with E-state index in [-0.39, 0.29) is 5.88 Å².